The molecule has 10 nitrogen and oxygen atoms in total. The molecule has 1 fully saturated rings. The maximum atomic E-state index is 13.6. The van der Waals surface area contributed by atoms with Crippen LogP contribution in [0.4, 0.5) is 0 Å². The van der Waals surface area contributed by atoms with E-state index in [9.17, 15) is 18.0 Å². The van der Waals surface area contributed by atoms with Crippen LogP contribution < -0.4 is 5.32 Å². The molecule has 1 atom stereocenters. The zero-order chi connectivity index (χ0) is 28.4. The van der Waals surface area contributed by atoms with Crippen LogP contribution in [-0.4, -0.2) is 91.5 Å². The summed E-state index contributed by atoms with van der Waals surface area (Å²) in [4.78, 5) is 33.2. The molecular formula is C27H29ClN6O4S2. The summed E-state index contributed by atoms with van der Waals surface area (Å²) in [5.41, 5.74) is 1.11. The van der Waals surface area contributed by atoms with E-state index in [1.54, 1.807) is 42.7 Å². The highest BCUT2D eigenvalue weighted by molar-refractivity contribution is 7.89. The van der Waals surface area contributed by atoms with Crippen LogP contribution in [0.15, 0.2) is 58.7 Å². The zero-order valence-corrected chi connectivity index (χ0v) is 24.5. The number of carbonyl (C=O) groups excluding carboxylic acids is 2. The number of sulfonamides is 1. The van der Waals surface area contributed by atoms with Gasteiger partial charge in [0, 0.05) is 50.7 Å². The quantitative estimate of drug-likeness (QED) is 0.434. The molecule has 0 saturated carbocycles. The number of fused-ring (bicyclic) bond motifs is 1. The SMILES string of the molecule is C/C=N/N1CC=C(c2cnc(C(=O)N3CCN(S(=O)(=O)c4ccc5cc(Cl)ccc5c4)CC3C(=O)NC)s2)CC1. The van der Waals surface area contributed by atoms with E-state index in [0.717, 1.165) is 34.2 Å². The summed E-state index contributed by atoms with van der Waals surface area (Å²) in [6.07, 6.45) is 6.31. The molecule has 1 N–H and O–H groups in total. The number of piperazine rings is 1. The Bertz CT molecular complexity index is 1620. The van der Waals surface area contributed by atoms with Crippen LogP contribution in [0.5, 0.6) is 0 Å². The molecule has 40 heavy (non-hydrogen) atoms. The maximum Gasteiger partial charge on any atom is 0.283 e. The third-order valence-corrected chi connectivity index (χ3v) is 10.2. The van der Waals surface area contributed by atoms with Gasteiger partial charge in [0.05, 0.1) is 16.3 Å². The molecule has 2 aromatic carbocycles. The van der Waals surface area contributed by atoms with Gasteiger partial charge in [0.15, 0.2) is 5.01 Å². The Labute approximate surface area is 242 Å². The Morgan fingerprint density at radius 2 is 1.93 bits per heavy atom. The number of halogens is 1. The first-order valence-electron chi connectivity index (χ1n) is 12.8. The van der Waals surface area contributed by atoms with Crippen molar-refractivity contribution in [3.8, 4) is 0 Å². The molecule has 3 heterocycles. The molecule has 0 bridgehead atoms. The van der Waals surface area contributed by atoms with Crippen molar-refractivity contribution >= 4 is 67.3 Å². The fraction of sp³-hybridized carbons (Fsp3) is 0.333. The lowest BCUT2D eigenvalue weighted by Crippen LogP contribution is -2.61. The van der Waals surface area contributed by atoms with Gasteiger partial charge in [-0.1, -0.05) is 29.8 Å². The summed E-state index contributed by atoms with van der Waals surface area (Å²) in [5, 5.41) is 11.2. The van der Waals surface area contributed by atoms with E-state index in [0.29, 0.717) is 11.6 Å². The molecule has 3 aromatic rings. The molecule has 0 spiro atoms. The smallest absolute Gasteiger partial charge is 0.283 e. The van der Waals surface area contributed by atoms with Gasteiger partial charge in [0.2, 0.25) is 15.9 Å². The molecule has 0 aliphatic carbocycles. The molecule has 1 aromatic heterocycles. The number of thiazole rings is 1. The molecule has 2 aliphatic rings. The summed E-state index contributed by atoms with van der Waals surface area (Å²) < 4.78 is 28.4. The third-order valence-electron chi connectivity index (χ3n) is 7.04. The van der Waals surface area contributed by atoms with E-state index >= 15 is 0 Å². The van der Waals surface area contributed by atoms with Crippen LogP contribution in [0, 0.1) is 0 Å². The number of nitrogens with zero attached hydrogens (tertiary/aromatic N) is 5. The number of carbonyl (C=O) groups is 2. The average molecular weight is 601 g/mol. The Morgan fingerprint density at radius 1 is 1.15 bits per heavy atom. The van der Waals surface area contributed by atoms with Crippen molar-refractivity contribution in [2.45, 2.75) is 24.3 Å². The van der Waals surface area contributed by atoms with Crippen molar-refractivity contribution in [1.29, 1.82) is 0 Å². The van der Waals surface area contributed by atoms with Crippen molar-refractivity contribution < 1.29 is 18.0 Å². The highest BCUT2D eigenvalue weighted by atomic mass is 35.5. The highest BCUT2D eigenvalue weighted by Crippen LogP contribution is 2.30. The van der Waals surface area contributed by atoms with Gasteiger partial charge in [-0.25, -0.2) is 13.4 Å². The van der Waals surface area contributed by atoms with Crippen LogP contribution in [0.3, 0.4) is 0 Å². The second kappa shape index (κ2) is 11.7. The largest absolute Gasteiger partial charge is 0.357 e. The minimum atomic E-state index is -3.92. The minimum Gasteiger partial charge on any atom is -0.357 e. The number of nitrogens with one attached hydrogen (secondary N) is 1. The van der Waals surface area contributed by atoms with E-state index in [-0.39, 0.29) is 29.5 Å². The van der Waals surface area contributed by atoms with E-state index in [1.165, 1.54) is 33.7 Å². The number of amides is 2. The fourth-order valence-electron chi connectivity index (χ4n) is 4.91. The van der Waals surface area contributed by atoms with Gasteiger partial charge in [0.25, 0.3) is 5.91 Å². The number of benzene rings is 2. The fourth-order valence-corrected chi connectivity index (χ4v) is 7.50. The van der Waals surface area contributed by atoms with E-state index < -0.39 is 27.9 Å². The lowest BCUT2D eigenvalue weighted by molar-refractivity contribution is -0.126. The van der Waals surface area contributed by atoms with Crippen LogP contribution >= 0.6 is 22.9 Å². The predicted octanol–water partition coefficient (Wildman–Crippen LogP) is 3.31. The standard InChI is InChI=1S/C27H29ClN6O4S2/c1-3-31-32-10-8-18(9-11-32)24-16-30-26(39-24)27(36)34-13-12-33(17-23(34)25(35)29-2)40(37,38)22-7-5-19-14-21(28)6-4-20(19)15-22/h3-8,14-16,23H,9-13,17H2,1-2H3,(H,29,35)/b31-3+. The van der Waals surface area contributed by atoms with Crippen molar-refractivity contribution in [3.63, 3.8) is 0 Å². The van der Waals surface area contributed by atoms with E-state index in [4.69, 9.17) is 11.6 Å². The van der Waals surface area contributed by atoms with Gasteiger partial charge in [-0.2, -0.15) is 9.41 Å². The molecule has 5 rings (SSSR count). The first kappa shape index (κ1) is 28.2. The lowest BCUT2D eigenvalue weighted by Gasteiger charge is -2.39. The van der Waals surface area contributed by atoms with Gasteiger partial charge >= 0.3 is 0 Å². The Morgan fingerprint density at radius 3 is 2.65 bits per heavy atom. The first-order chi connectivity index (χ1) is 19.2. The summed E-state index contributed by atoms with van der Waals surface area (Å²) >= 11 is 7.34. The van der Waals surface area contributed by atoms with Crippen LogP contribution in [0.1, 0.15) is 28.0 Å². The normalized spacial score (nSPS) is 18.8. The minimum absolute atomic E-state index is 0.0530. The lowest BCUT2D eigenvalue weighted by atomic mass is 10.1. The van der Waals surface area contributed by atoms with E-state index in [2.05, 4.69) is 21.5 Å². The van der Waals surface area contributed by atoms with Crippen molar-refractivity contribution in [2.24, 2.45) is 5.10 Å². The van der Waals surface area contributed by atoms with Gasteiger partial charge in [-0.15, -0.1) is 11.3 Å². The molecular weight excluding hydrogens is 572 g/mol. The second-order valence-electron chi connectivity index (χ2n) is 9.44. The number of hydrazone groups is 1. The number of hydrogen-bond acceptors (Lipinski definition) is 8. The molecule has 13 heteroatoms. The molecule has 210 valence electrons. The Hall–Kier alpha value is -3.32. The maximum absolute atomic E-state index is 13.6. The molecule has 2 aliphatic heterocycles. The number of hydrogen-bond donors (Lipinski definition) is 1. The van der Waals surface area contributed by atoms with E-state index in [1.807, 2.05) is 11.9 Å². The Balaban J connectivity index is 1.35. The second-order valence-corrected chi connectivity index (χ2v) is 12.8. The van der Waals surface area contributed by atoms with Crippen molar-refractivity contribution in [2.75, 3.05) is 39.8 Å². The van der Waals surface area contributed by atoms with Gasteiger partial charge in [0.1, 0.15) is 6.04 Å². The van der Waals surface area contributed by atoms with Crippen LogP contribution in [0.2, 0.25) is 5.02 Å². The summed E-state index contributed by atoms with van der Waals surface area (Å²) in [6, 6.07) is 9.08. The Kier molecular flexibility index (Phi) is 8.22. The summed E-state index contributed by atoms with van der Waals surface area (Å²) in [6.45, 7) is 3.28. The van der Waals surface area contributed by atoms with Gasteiger partial charge in [-0.05, 0) is 54.0 Å². The molecule has 2 amide bonds. The zero-order valence-electron chi connectivity index (χ0n) is 22.1. The number of likely N-dealkylation sites (N-methyl/N-ethyl adjacent to an activating group) is 1. The van der Waals surface area contributed by atoms with Crippen molar-refractivity contribution in [1.82, 2.24) is 24.5 Å². The third kappa shape index (κ3) is 5.62. The summed E-state index contributed by atoms with van der Waals surface area (Å²) in [5.74, 6) is -0.831. The average Bonchev–Trinajstić information content (AvgIpc) is 3.46. The molecule has 0 radical (unpaired) electrons. The molecule has 1 unspecified atom stereocenters. The first-order valence-corrected chi connectivity index (χ1v) is 15.5. The van der Waals surface area contributed by atoms with Gasteiger partial charge < -0.3 is 10.2 Å². The van der Waals surface area contributed by atoms with Crippen LogP contribution in [0.25, 0.3) is 16.3 Å². The summed E-state index contributed by atoms with van der Waals surface area (Å²) in [7, 11) is -2.46. The van der Waals surface area contributed by atoms with Crippen molar-refractivity contribution in [3.05, 3.63) is 63.6 Å². The predicted molar refractivity (Wildman–Crippen MR) is 157 cm³/mol. The number of aromatic nitrogens is 1. The molecule has 1 saturated heterocycles. The van der Waals surface area contributed by atoms with Crippen LogP contribution in [-0.2, 0) is 14.8 Å². The topological polar surface area (TPSA) is 115 Å². The monoisotopic (exact) mass is 600 g/mol. The highest BCUT2D eigenvalue weighted by Gasteiger charge is 2.40. The number of rotatable bonds is 6. The van der Waals surface area contributed by atoms with Gasteiger partial charge in [-0.3, -0.25) is 14.6 Å².